The summed E-state index contributed by atoms with van der Waals surface area (Å²) in [5.74, 6) is 1.23. The number of nitrogens with zero attached hydrogens (tertiary/aromatic N) is 1. The van der Waals surface area contributed by atoms with Gasteiger partial charge in [0.2, 0.25) is 11.8 Å². The van der Waals surface area contributed by atoms with Crippen LogP contribution in [0.25, 0.3) is 0 Å². The number of halogens is 2. The van der Waals surface area contributed by atoms with Crippen LogP contribution < -0.4 is 5.32 Å². The van der Waals surface area contributed by atoms with Gasteiger partial charge in [0.1, 0.15) is 6.04 Å². The molecule has 0 spiro atoms. The van der Waals surface area contributed by atoms with Crippen molar-refractivity contribution in [3.05, 3.63) is 106 Å². The van der Waals surface area contributed by atoms with Crippen molar-refractivity contribution < 1.29 is 9.59 Å². The Morgan fingerprint density at radius 3 is 2.17 bits per heavy atom. The summed E-state index contributed by atoms with van der Waals surface area (Å²) < 4.78 is 0. The Morgan fingerprint density at radius 1 is 0.917 bits per heavy atom. The molecule has 0 aliphatic heterocycles. The van der Waals surface area contributed by atoms with E-state index in [1.165, 1.54) is 5.56 Å². The Morgan fingerprint density at radius 2 is 1.56 bits per heavy atom. The van der Waals surface area contributed by atoms with Gasteiger partial charge < -0.3 is 10.2 Å². The predicted octanol–water partition coefficient (Wildman–Crippen LogP) is 6.78. The molecule has 0 bridgehead atoms. The van der Waals surface area contributed by atoms with Gasteiger partial charge in [0.05, 0.1) is 0 Å². The Hall–Kier alpha value is -2.47. The van der Waals surface area contributed by atoms with Gasteiger partial charge in [0.25, 0.3) is 0 Å². The molecule has 4 nitrogen and oxygen atoms in total. The van der Waals surface area contributed by atoms with Gasteiger partial charge in [0.15, 0.2) is 0 Å². The van der Waals surface area contributed by atoms with Crippen molar-refractivity contribution in [2.24, 2.45) is 0 Å². The molecule has 3 aromatic rings. The molecule has 0 aliphatic rings. The van der Waals surface area contributed by atoms with Gasteiger partial charge >= 0.3 is 0 Å². The summed E-state index contributed by atoms with van der Waals surface area (Å²) >= 11 is 14.3. The lowest BCUT2D eigenvalue weighted by atomic mass is 10.0. The highest BCUT2D eigenvalue weighted by Gasteiger charge is 2.31. The molecule has 0 aliphatic carbocycles. The molecular formula is C29H32Cl2N2O2S. The second-order valence-corrected chi connectivity index (χ2v) is 10.9. The number of rotatable bonds is 12. The van der Waals surface area contributed by atoms with E-state index in [4.69, 9.17) is 23.2 Å². The number of benzene rings is 3. The van der Waals surface area contributed by atoms with E-state index in [-0.39, 0.29) is 24.4 Å². The number of nitrogens with one attached hydrogen (secondary N) is 1. The number of hydrogen-bond donors (Lipinski definition) is 1. The molecule has 0 saturated heterocycles. The number of carbonyl (C=O) groups excluding carboxylic acids is 2. The molecular weight excluding hydrogens is 511 g/mol. The van der Waals surface area contributed by atoms with Crippen LogP contribution in [-0.4, -0.2) is 34.6 Å². The third kappa shape index (κ3) is 8.88. The number of hydrogen-bond acceptors (Lipinski definition) is 3. The standard InChI is InChI=1S/C29H32Cl2N2O2S/c1-21(2)32-29(35)27(17-22-9-5-3-6-10-22)33(19-24-13-14-25(30)18-26(24)31)28(34)15-16-36-20-23-11-7-4-8-12-23/h3-14,18,21,27H,15-17,19-20H2,1-2H3,(H,32,35)/t27-/m1/s1. The molecule has 0 fully saturated rings. The molecule has 190 valence electrons. The van der Waals surface area contributed by atoms with E-state index in [2.05, 4.69) is 17.4 Å². The molecule has 0 radical (unpaired) electrons. The summed E-state index contributed by atoms with van der Waals surface area (Å²) in [5, 5.41) is 4.00. The quantitative estimate of drug-likeness (QED) is 0.256. The fourth-order valence-corrected chi connectivity index (χ4v) is 5.20. The Labute approximate surface area is 228 Å². The predicted molar refractivity (Wildman–Crippen MR) is 151 cm³/mol. The molecule has 3 aromatic carbocycles. The molecule has 7 heteroatoms. The van der Waals surface area contributed by atoms with Crippen LogP contribution in [-0.2, 0) is 28.3 Å². The van der Waals surface area contributed by atoms with Crippen LogP contribution in [0.4, 0.5) is 0 Å². The van der Waals surface area contributed by atoms with Crippen LogP contribution in [0.3, 0.4) is 0 Å². The first-order chi connectivity index (χ1) is 17.3. The molecule has 0 aromatic heterocycles. The van der Waals surface area contributed by atoms with Crippen molar-refractivity contribution in [2.75, 3.05) is 5.75 Å². The van der Waals surface area contributed by atoms with Crippen molar-refractivity contribution in [2.45, 2.75) is 51.1 Å². The lowest BCUT2D eigenvalue weighted by molar-refractivity contribution is -0.141. The van der Waals surface area contributed by atoms with Crippen molar-refractivity contribution in [3.8, 4) is 0 Å². The van der Waals surface area contributed by atoms with Crippen LogP contribution in [0.2, 0.25) is 10.0 Å². The van der Waals surface area contributed by atoms with E-state index < -0.39 is 6.04 Å². The highest BCUT2D eigenvalue weighted by Crippen LogP contribution is 2.25. The third-order valence-corrected chi connectivity index (χ3v) is 7.25. The molecule has 0 unspecified atom stereocenters. The van der Waals surface area contributed by atoms with Gasteiger partial charge in [-0.05, 0) is 42.7 Å². The van der Waals surface area contributed by atoms with Crippen molar-refractivity contribution in [1.82, 2.24) is 10.2 Å². The first kappa shape index (κ1) is 28.1. The van der Waals surface area contributed by atoms with Gasteiger partial charge in [0, 0.05) is 47.0 Å². The van der Waals surface area contributed by atoms with Gasteiger partial charge in [-0.1, -0.05) is 89.9 Å². The van der Waals surface area contributed by atoms with Gasteiger partial charge in [-0.25, -0.2) is 0 Å². The number of amides is 2. The first-order valence-corrected chi connectivity index (χ1v) is 13.9. The monoisotopic (exact) mass is 542 g/mol. The van der Waals surface area contributed by atoms with E-state index in [1.54, 1.807) is 28.8 Å². The zero-order chi connectivity index (χ0) is 25.9. The normalized spacial score (nSPS) is 11.8. The summed E-state index contributed by atoms with van der Waals surface area (Å²) in [6, 6.07) is 24.5. The molecule has 3 rings (SSSR count). The highest BCUT2D eigenvalue weighted by molar-refractivity contribution is 7.98. The minimum absolute atomic E-state index is 0.0479. The summed E-state index contributed by atoms with van der Waals surface area (Å²) in [7, 11) is 0. The summed E-state index contributed by atoms with van der Waals surface area (Å²) in [6.45, 7) is 4.06. The van der Waals surface area contributed by atoms with Gasteiger partial charge in [-0.15, -0.1) is 0 Å². The molecule has 2 amide bonds. The second-order valence-electron chi connectivity index (χ2n) is 8.91. The molecule has 0 heterocycles. The van der Waals surface area contributed by atoms with E-state index in [0.717, 1.165) is 16.9 Å². The van der Waals surface area contributed by atoms with E-state index in [0.29, 0.717) is 28.6 Å². The third-order valence-electron chi connectivity index (χ3n) is 5.63. The highest BCUT2D eigenvalue weighted by atomic mass is 35.5. The SMILES string of the molecule is CC(C)NC(=O)[C@@H](Cc1ccccc1)N(Cc1ccc(Cl)cc1Cl)C(=O)CCSCc1ccccc1. The van der Waals surface area contributed by atoms with Crippen LogP contribution in [0, 0.1) is 0 Å². The average Bonchev–Trinajstić information content (AvgIpc) is 2.86. The van der Waals surface area contributed by atoms with Gasteiger partial charge in [-0.2, -0.15) is 11.8 Å². The average molecular weight is 544 g/mol. The lowest BCUT2D eigenvalue weighted by Gasteiger charge is -2.32. The van der Waals surface area contributed by atoms with Gasteiger partial charge in [-0.3, -0.25) is 9.59 Å². The number of thioether (sulfide) groups is 1. The van der Waals surface area contributed by atoms with Crippen LogP contribution in [0.1, 0.15) is 37.0 Å². The van der Waals surface area contributed by atoms with Crippen molar-refractivity contribution in [3.63, 3.8) is 0 Å². The fourth-order valence-electron chi connectivity index (χ4n) is 3.84. The Bertz CT molecular complexity index is 1130. The zero-order valence-electron chi connectivity index (χ0n) is 20.6. The maximum absolute atomic E-state index is 13.6. The second kappa shape index (κ2) is 14.3. The van der Waals surface area contributed by atoms with Crippen LogP contribution in [0.15, 0.2) is 78.9 Å². The first-order valence-electron chi connectivity index (χ1n) is 12.0. The molecule has 1 N–H and O–H groups in total. The zero-order valence-corrected chi connectivity index (χ0v) is 23.0. The Balaban J connectivity index is 1.82. The van der Waals surface area contributed by atoms with Crippen molar-refractivity contribution in [1.29, 1.82) is 0 Å². The largest absolute Gasteiger partial charge is 0.352 e. The topological polar surface area (TPSA) is 49.4 Å². The maximum Gasteiger partial charge on any atom is 0.243 e. The Kier molecular flexibility index (Phi) is 11.2. The molecule has 36 heavy (non-hydrogen) atoms. The summed E-state index contributed by atoms with van der Waals surface area (Å²) in [4.78, 5) is 28.7. The fraction of sp³-hybridized carbons (Fsp3) is 0.310. The summed E-state index contributed by atoms with van der Waals surface area (Å²) in [5.41, 5.74) is 2.96. The molecule has 0 saturated carbocycles. The van der Waals surface area contributed by atoms with Crippen LogP contribution >= 0.6 is 35.0 Å². The van der Waals surface area contributed by atoms with Crippen molar-refractivity contribution >= 4 is 46.8 Å². The molecule has 1 atom stereocenters. The van der Waals surface area contributed by atoms with E-state index in [9.17, 15) is 9.59 Å². The van der Waals surface area contributed by atoms with Crippen LogP contribution in [0.5, 0.6) is 0 Å². The minimum atomic E-state index is -0.673. The van der Waals surface area contributed by atoms with E-state index in [1.807, 2.05) is 68.4 Å². The minimum Gasteiger partial charge on any atom is -0.352 e. The summed E-state index contributed by atoms with van der Waals surface area (Å²) in [6.07, 6.45) is 0.733. The smallest absolute Gasteiger partial charge is 0.243 e. The van der Waals surface area contributed by atoms with E-state index >= 15 is 0 Å². The number of carbonyl (C=O) groups is 2. The maximum atomic E-state index is 13.6. The lowest BCUT2D eigenvalue weighted by Crippen LogP contribution is -2.51.